The van der Waals surface area contributed by atoms with Gasteiger partial charge in [-0.25, -0.2) is 13.2 Å². The van der Waals surface area contributed by atoms with Crippen LogP contribution < -0.4 is 10.1 Å². The van der Waals surface area contributed by atoms with Gasteiger partial charge in [-0.15, -0.1) is 0 Å². The van der Waals surface area contributed by atoms with E-state index in [0.29, 0.717) is 6.42 Å². The maximum Gasteiger partial charge on any atom is 0.313 e. The zero-order valence-electron chi connectivity index (χ0n) is 17.6. The molecule has 0 bridgehead atoms. The second kappa shape index (κ2) is 13.7. The van der Waals surface area contributed by atoms with Crippen LogP contribution in [-0.2, 0) is 23.9 Å². The molecule has 1 rings (SSSR count). The number of rotatable bonds is 14. The van der Waals surface area contributed by atoms with E-state index in [1.807, 2.05) is 0 Å². The first-order valence-corrected chi connectivity index (χ1v) is 9.73. The summed E-state index contributed by atoms with van der Waals surface area (Å²) >= 11 is 0. The van der Waals surface area contributed by atoms with Crippen molar-refractivity contribution < 1.29 is 50.5 Å². The van der Waals surface area contributed by atoms with Crippen LogP contribution >= 0.6 is 0 Å². The van der Waals surface area contributed by atoms with E-state index in [0.717, 1.165) is 0 Å². The molecule has 0 aliphatic carbocycles. The van der Waals surface area contributed by atoms with Crippen molar-refractivity contribution in [3.63, 3.8) is 0 Å². The second-order valence-corrected chi connectivity index (χ2v) is 6.82. The van der Waals surface area contributed by atoms with E-state index >= 15 is 0 Å². The minimum absolute atomic E-state index is 0.0570. The normalized spacial score (nSPS) is 11.0. The minimum atomic E-state index is -2.37. The molecular weight excluding hydrogens is 445 g/mol. The summed E-state index contributed by atoms with van der Waals surface area (Å²) in [4.78, 5) is 34.5. The molecule has 0 atom stereocenters. The SMILES string of the molecule is CC(C)C(=O)CCOCCNC(=O)CCOCCC(=O)Oc1c(F)c(F)c(F)c(F)c1F. The summed E-state index contributed by atoms with van der Waals surface area (Å²) in [5, 5.41) is 2.55. The van der Waals surface area contributed by atoms with Crippen LogP contribution in [0.2, 0.25) is 0 Å². The Bertz CT molecular complexity index is 789. The summed E-state index contributed by atoms with van der Waals surface area (Å²) in [6.07, 6.45) is -0.311. The van der Waals surface area contributed by atoms with Crippen LogP contribution in [0.25, 0.3) is 0 Å². The molecule has 0 fully saturated rings. The number of Topliss-reactive ketones (excluding diaryl/α,β-unsaturated/α-hetero) is 1. The summed E-state index contributed by atoms with van der Waals surface area (Å²) in [6, 6.07) is 0. The number of carbonyl (C=O) groups excluding carboxylic acids is 3. The number of esters is 1. The van der Waals surface area contributed by atoms with Crippen molar-refractivity contribution in [2.24, 2.45) is 5.92 Å². The molecule has 180 valence electrons. The molecule has 0 aliphatic heterocycles. The van der Waals surface area contributed by atoms with Gasteiger partial charge in [0.05, 0.1) is 32.8 Å². The second-order valence-electron chi connectivity index (χ2n) is 6.82. The lowest BCUT2D eigenvalue weighted by Gasteiger charge is -2.09. The molecule has 0 heterocycles. The van der Waals surface area contributed by atoms with E-state index in [1.54, 1.807) is 13.8 Å². The Labute approximate surface area is 181 Å². The predicted molar refractivity (Wildman–Crippen MR) is 100 cm³/mol. The number of carbonyl (C=O) groups is 3. The molecule has 1 amide bonds. The first kappa shape index (κ1) is 27.4. The van der Waals surface area contributed by atoms with Crippen LogP contribution in [0.1, 0.15) is 33.1 Å². The fraction of sp³-hybridized carbons (Fsp3) is 0.550. The van der Waals surface area contributed by atoms with Crippen molar-refractivity contribution >= 4 is 17.7 Å². The lowest BCUT2D eigenvalue weighted by Crippen LogP contribution is -2.28. The quantitative estimate of drug-likeness (QED) is 0.113. The van der Waals surface area contributed by atoms with Gasteiger partial charge in [0.2, 0.25) is 40.7 Å². The highest BCUT2D eigenvalue weighted by Crippen LogP contribution is 2.29. The van der Waals surface area contributed by atoms with Crippen LogP contribution in [0.3, 0.4) is 0 Å². The number of ketones is 1. The third-order valence-corrected chi connectivity index (χ3v) is 4.01. The van der Waals surface area contributed by atoms with E-state index in [2.05, 4.69) is 10.1 Å². The molecule has 7 nitrogen and oxygen atoms in total. The van der Waals surface area contributed by atoms with Gasteiger partial charge in [-0.2, -0.15) is 8.78 Å². The van der Waals surface area contributed by atoms with Gasteiger partial charge in [0.25, 0.3) is 0 Å². The number of hydrogen-bond donors (Lipinski definition) is 1. The number of benzene rings is 1. The van der Waals surface area contributed by atoms with Crippen LogP contribution in [0, 0.1) is 35.0 Å². The Morgan fingerprint density at radius 1 is 0.750 bits per heavy atom. The van der Waals surface area contributed by atoms with Gasteiger partial charge in [-0.1, -0.05) is 13.8 Å². The van der Waals surface area contributed by atoms with Gasteiger partial charge in [0, 0.05) is 25.3 Å². The summed E-state index contributed by atoms with van der Waals surface area (Å²) in [5.41, 5.74) is 0. The fourth-order valence-corrected chi connectivity index (χ4v) is 2.18. The third kappa shape index (κ3) is 8.87. The van der Waals surface area contributed by atoms with Crippen molar-refractivity contribution in [3.8, 4) is 5.75 Å². The van der Waals surface area contributed by atoms with Gasteiger partial charge >= 0.3 is 5.97 Å². The molecule has 32 heavy (non-hydrogen) atoms. The smallest absolute Gasteiger partial charge is 0.313 e. The van der Waals surface area contributed by atoms with Gasteiger partial charge in [-0.3, -0.25) is 14.4 Å². The van der Waals surface area contributed by atoms with Gasteiger partial charge in [0.15, 0.2) is 0 Å². The molecule has 1 N–H and O–H groups in total. The van der Waals surface area contributed by atoms with Gasteiger partial charge in [-0.05, 0) is 0 Å². The first-order valence-electron chi connectivity index (χ1n) is 9.73. The number of ether oxygens (including phenoxy) is 3. The monoisotopic (exact) mass is 469 g/mol. The van der Waals surface area contributed by atoms with Crippen LogP contribution in [0.4, 0.5) is 22.0 Å². The topological polar surface area (TPSA) is 90.9 Å². The zero-order chi connectivity index (χ0) is 24.3. The molecule has 12 heteroatoms. The number of nitrogens with one attached hydrogen (secondary N) is 1. The van der Waals surface area contributed by atoms with Gasteiger partial charge < -0.3 is 19.5 Å². The average Bonchev–Trinajstić information content (AvgIpc) is 2.75. The zero-order valence-corrected chi connectivity index (χ0v) is 17.6. The van der Waals surface area contributed by atoms with Crippen molar-refractivity contribution in [3.05, 3.63) is 29.1 Å². The molecule has 0 saturated heterocycles. The Kier molecular flexibility index (Phi) is 11.8. The molecule has 0 aliphatic rings. The largest absolute Gasteiger partial charge is 0.420 e. The Morgan fingerprint density at radius 2 is 1.25 bits per heavy atom. The predicted octanol–water partition coefficient (Wildman–Crippen LogP) is 2.83. The van der Waals surface area contributed by atoms with E-state index in [9.17, 15) is 36.3 Å². The van der Waals surface area contributed by atoms with E-state index in [1.165, 1.54) is 0 Å². The molecule has 0 saturated carbocycles. The summed E-state index contributed by atoms with van der Waals surface area (Å²) in [5.74, 6) is -14.7. The van der Waals surface area contributed by atoms with E-state index in [-0.39, 0.29) is 57.0 Å². The summed E-state index contributed by atoms with van der Waals surface area (Å²) in [7, 11) is 0. The number of amides is 1. The Balaban J connectivity index is 2.19. The summed E-state index contributed by atoms with van der Waals surface area (Å²) < 4.78 is 80.3. The lowest BCUT2D eigenvalue weighted by molar-refractivity contribution is -0.136. The molecule has 0 radical (unpaired) electrons. The Morgan fingerprint density at radius 3 is 1.84 bits per heavy atom. The maximum atomic E-state index is 13.4. The van der Waals surface area contributed by atoms with Crippen molar-refractivity contribution in [2.75, 3.05) is 33.0 Å². The Hall–Kier alpha value is -2.60. The molecular formula is C20H24F5NO6. The van der Waals surface area contributed by atoms with Crippen LogP contribution in [-0.4, -0.2) is 50.6 Å². The minimum Gasteiger partial charge on any atom is -0.420 e. The lowest BCUT2D eigenvalue weighted by atomic mass is 10.1. The first-order chi connectivity index (χ1) is 15.1. The third-order valence-electron chi connectivity index (χ3n) is 4.01. The highest BCUT2D eigenvalue weighted by molar-refractivity contribution is 5.80. The average molecular weight is 469 g/mol. The molecule has 1 aromatic carbocycles. The highest BCUT2D eigenvalue weighted by atomic mass is 19.2. The van der Waals surface area contributed by atoms with E-state index in [4.69, 9.17) is 9.47 Å². The van der Waals surface area contributed by atoms with Crippen molar-refractivity contribution in [2.45, 2.75) is 33.1 Å². The highest BCUT2D eigenvalue weighted by Gasteiger charge is 2.28. The maximum absolute atomic E-state index is 13.4. The fourth-order valence-electron chi connectivity index (χ4n) is 2.18. The standard InChI is InChI=1S/C20H24F5NO6/c1-11(2)12(27)3-7-31-10-6-26-13(28)4-8-30-9-5-14(29)32-20-18(24)16(22)15(21)17(23)19(20)25/h11H,3-10H2,1-2H3,(H,26,28). The molecule has 0 aromatic heterocycles. The van der Waals surface area contributed by atoms with E-state index < -0.39 is 47.2 Å². The van der Waals surface area contributed by atoms with Crippen molar-refractivity contribution in [1.82, 2.24) is 5.32 Å². The molecule has 0 spiro atoms. The summed E-state index contributed by atoms with van der Waals surface area (Å²) in [6.45, 7) is 3.89. The molecule has 0 unspecified atom stereocenters. The number of hydrogen-bond acceptors (Lipinski definition) is 6. The van der Waals surface area contributed by atoms with Crippen LogP contribution in [0.5, 0.6) is 5.75 Å². The van der Waals surface area contributed by atoms with Crippen molar-refractivity contribution in [1.29, 1.82) is 0 Å². The van der Waals surface area contributed by atoms with Crippen LogP contribution in [0.15, 0.2) is 0 Å². The van der Waals surface area contributed by atoms with Gasteiger partial charge in [0.1, 0.15) is 5.78 Å². The molecule has 1 aromatic rings. The number of halogens is 5.